The fraction of sp³-hybridized carbons (Fsp3) is 0.350. The molecule has 2 aromatic rings. The summed E-state index contributed by atoms with van der Waals surface area (Å²) in [6.07, 6.45) is 1.63. The summed E-state index contributed by atoms with van der Waals surface area (Å²) < 4.78 is 7.17. The van der Waals surface area contributed by atoms with Crippen LogP contribution in [0.5, 0.6) is 0 Å². The molecule has 0 bridgehead atoms. The number of carbonyl (C=O) groups excluding carboxylic acids is 1. The SMILES string of the molecule is COCCn1c(=O)/c(=C/c2ccc(Cl)cc2Cl)s/c1=C(\C#N)C(=O)C(C)(C)C. The highest BCUT2D eigenvalue weighted by atomic mass is 35.5. The van der Waals surface area contributed by atoms with E-state index in [4.69, 9.17) is 27.9 Å². The van der Waals surface area contributed by atoms with Crippen molar-refractivity contribution in [3.63, 3.8) is 0 Å². The van der Waals surface area contributed by atoms with Crippen molar-refractivity contribution in [2.75, 3.05) is 13.7 Å². The summed E-state index contributed by atoms with van der Waals surface area (Å²) in [5.74, 6) is -0.321. The molecular weight excluding hydrogens is 419 g/mol. The summed E-state index contributed by atoms with van der Waals surface area (Å²) in [4.78, 5) is 25.7. The number of aromatic nitrogens is 1. The summed E-state index contributed by atoms with van der Waals surface area (Å²) in [5, 5.41) is 10.5. The molecular formula is C20H20Cl2N2O3S. The standard InChI is InChI=1S/C20H20Cl2N2O3S/c1-20(2,3)17(25)14(11-23)19-24(7-8-27-4)18(26)16(28-19)9-12-5-6-13(21)10-15(12)22/h5-6,9-10H,7-8H2,1-4H3/b16-9-,19-14+. The highest BCUT2D eigenvalue weighted by molar-refractivity contribution is 7.07. The zero-order valence-electron chi connectivity index (χ0n) is 16.0. The Kier molecular flexibility index (Phi) is 7.24. The Hall–Kier alpha value is -1.91. The zero-order chi connectivity index (χ0) is 21.1. The van der Waals surface area contributed by atoms with Crippen LogP contribution in [0.25, 0.3) is 11.6 Å². The van der Waals surface area contributed by atoms with Crippen molar-refractivity contribution >= 4 is 52.0 Å². The average molecular weight is 439 g/mol. The van der Waals surface area contributed by atoms with Crippen LogP contribution in [0, 0.1) is 16.7 Å². The van der Waals surface area contributed by atoms with Gasteiger partial charge in [-0.1, -0.05) is 50.0 Å². The molecule has 0 aliphatic heterocycles. The van der Waals surface area contributed by atoms with Gasteiger partial charge in [0.25, 0.3) is 5.56 Å². The molecule has 5 nitrogen and oxygen atoms in total. The Labute approximate surface area is 177 Å². The van der Waals surface area contributed by atoms with Crippen molar-refractivity contribution in [3.05, 3.63) is 53.4 Å². The van der Waals surface area contributed by atoms with E-state index < -0.39 is 5.41 Å². The monoisotopic (exact) mass is 438 g/mol. The van der Waals surface area contributed by atoms with Crippen molar-refractivity contribution in [1.29, 1.82) is 5.26 Å². The fourth-order valence-electron chi connectivity index (χ4n) is 2.42. The third-order valence-corrected chi connectivity index (χ3v) is 5.60. The zero-order valence-corrected chi connectivity index (χ0v) is 18.3. The Bertz CT molecular complexity index is 1120. The lowest BCUT2D eigenvalue weighted by molar-refractivity contribution is -0.120. The number of ether oxygens (including phenoxy) is 1. The lowest BCUT2D eigenvalue weighted by Crippen LogP contribution is -2.35. The number of ketones is 1. The van der Waals surface area contributed by atoms with Crippen LogP contribution in [0.3, 0.4) is 0 Å². The number of benzene rings is 1. The molecule has 1 heterocycles. The maximum absolute atomic E-state index is 13.0. The van der Waals surface area contributed by atoms with Gasteiger partial charge >= 0.3 is 0 Å². The number of nitriles is 1. The Morgan fingerprint density at radius 3 is 2.57 bits per heavy atom. The largest absolute Gasteiger partial charge is 0.383 e. The van der Waals surface area contributed by atoms with Crippen LogP contribution in [0.15, 0.2) is 23.0 Å². The maximum Gasteiger partial charge on any atom is 0.269 e. The molecule has 0 fully saturated rings. The molecule has 0 amide bonds. The summed E-state index contributed by atoms with van der Waals surface area (Å²) in [6, 6.07) is 6.95. The van der Waals surface area contributed by atoms with Crippen molar-refractivity contribution in [1.82, 2.24) is 4.57 Å². The highest BCUT2D eigenvalue weighted by Gasteiger charge is 2.27. The van der Waals surface area contributed by atoms with Crippen LogP contribution in [0.4, 0.5) is 0 Å². The third-order valence-electron chi connectivity index (χ3n) is 3.91. The summed E-state index contributed by atoms with van der Waals surface area (Å²) in [7, 11) is 1.52. The first-order valence-corrected chi connectivity index (χ1v) is 10.0. The number of hydrogen-bond donors (Lipinski definition) is 0. The average Bonchev–Trinajstić information content (AvgIpc) is 2.91. The molecule has 1 aromatic carbocycles. The molecule has 0 atom stereocenters. The first kappa shape index (κ1) is 22.4. The summed E-state index contributed by atoms with van der Waals surface area (Å²) >= 11 is 13.2. The van der Waals surface area contributed by atoms with Gasteiger partial charge in [-0.05, 0) is 23.8 Å². The molecule has 0 radical (unpaired) electrons. The smallest absolute Gasteiger partial charge is 0.269 e. The van der Waals surface area contributed by atoms with E-state index in [1.165, 1.54) is 11.7 Å². The molecule has 2 rings (SSSR count). The molecule has 0 aliphatic carbocycles. The first-order chi connectivity index (χ1) is 13.1. The highest BCUT2D eigenvalue weighted by Crippen LogP contribution is 2.21. The number of halogens is 2. The number of methoxy groups -OCH3 is 1. The van der Waals surface area contributed by atoms with Gasteiger partial charge in [0.2, 0.25) is 0 Å². The molecule has 1 aromatic heterocycles. The van der Waals surface area contributed by atoms with Gasteiger partial charge in [0.1, 0.15) is 16.3 Å². The number of rotatable bonds is 5. The molecule has 0 N–H and O–H groups in total. The van der Waals surface area contributed by atoms with Crippen LogP contribution in [-0.4, -0.2) is 24.1 Å². The fourth-order valence-corrected chi connectivity index (χ4v) is 4.00. The van der Waals surface area contributed by atoms with Crippen LogP contribution >= 0.6 is 34.5 Å². The minimum atomic E-state index is -0.749. The van der Waals surface area contributed by atoms with Gasteiger partial charge in [-0.25, -0.2) is 0 Å². The molecule has 28 heavy (non-hydrogen) atoms. The lowest BCUT2D eigenvalue weighted by Gasteiger charge is -2.15. The van der Waals surface area contributed by atoms with E-state index in [0.29, 0.717) is 24.8 Å². The van der Waals surface area contributed by atoms with E-state index in [-0.39, 0.29) is 30.1 Å². The second-order valence-electron chi connectivity index (χ2n) is 7.10. The normalized spacial score (nSPS) is 13.4. The van der Waals surface area contributed by atoms with Gasteiger partial charge in [0.05, 0.1) is 17.7 Å². The molecule has 0 unspecified atom stereocenters. The van der Waals surface area contributed by atoms with E-state index >= 15 is 0 Å². The van der Waals surface area contributed by atoms with E-state index in [1.807, 2.05) is 6.07 Å². The van der Waals surface area contributed by atoms with E-state index in [2.05, 4.69) is 0 Å². The Morgan fingerprint density at radius 1 is 1.36 bits per heavy atom. The summed E-state index contributed by atoms with van der Waals surface area (Å²) in [5.41, 5.74) is -0.471. The van der Waals surface area contributed by atoms with Gasteiger partial charge in [0.15, 0.2) is 5.78 Å². The van der Waals surface area contributed by atoms with Crippen LogP contribution in [-0.2, 0) is 16.1 Å². The van der Waals surface area contributed by atoms with Crippen LogP contribution < -0.4 is 14.8 Å². The number of carbonyl (C=O) groups is 1. The minimum absolute atomic E-state index is 0.0347. The predicted molar refractivity (Wildman–Crippen MR) is 113 cm³/mol. The quantitative estimate of drug-likeness (QED) is 0.718. The Morgan fingerprint density at radius 2 is 2.04 bits per heavy atom. The van der Waals surface area contributed by atoms with Gasteiger partial charge in [-0.3, -0.25) is 14.2 Å². The van der Waals surface area contributed by atoms with E-state index in [9.17, 15) is 14.9 Å². The van der Waals surface area contributed by atoms with Crippen LogP contribution in [0.2, 0.25) is 10.0 Å². The predicted octanol–water partition coefficient (Wildman–Crippen LogP) is 2.98. The first-order valence-electron chi connectivity index (χ1n) is 8.44. The Balaban J connectivity index is 2.84. The lowest BCUT2D eigenvalue weighted by atomic mass is 9.87. The minimum Gasteiger partial charge on any atom is -0.383 e. The molecule has 0 saturated carbocycles. The number of Topliss-reactive ketones (excluding diaryl/α,β-unsaturated/α-hetero) is 1. The molecule has 0 aliphatic rings. The third kappa shape index (κ3) is 4.92. The van der Waals surface area contributed by atoms with E-state index in [0.717, 1.165) is 11.3 Å². The number of thiazole rings is 1. The topological polar surface area (TPSA) is 72.1 Å². The molecule has 8 heteroatoms. The molecule has 148 valence electrons. The molecule has 0 saturated heterocycles. The van der Waals surface area contributed by atoms with Gasteiger partial charge in [-0.2, -0.15) is 5.26 Å². The second kappa shape index (κ2) is 9.06. The second-order valence-corrected chi connectivity index (χ2v) is 8.97. The van der Waals surface area contributed by atoms with Crippen molar-refractivity contribution in [3.8, 4) is 6.07 Å². The molecule has 0 spiro atoms. The summed E-state index contributed by atoms with van der Waals surface area (Å²) in [6.45, 7) is 5.70. The van der Waals surface area contributed by atoms with Crippen molar-refractivity contribution in [2.24, 2.45) is 5.41 Å². The number of hydrogen-bond acceptors (Lipinski definition) is 5. The van der Waals surface area contributed by atoms with Gasteiger partial charge < -0.3 is 4.74 Å². The number of nitrogens with zero attached hydrogens (tertiary/aromatic N) is 2. The van der Waals surface area contributed by atoms with E-state index in [1.54, 1.807) is 45.0 Å². The van der Waals surface area contributed by atoms with Crippen molar-refractivity contribution < 1.29 is 9.53 Å². The van der Waals surface area contributed by atoms with Gasteiger partial charge in [0, 0.05) is 22.6 Å². The maximum atomic E-state index is 13.0. The van der Waals surface area contributed by atoms with Crippen molar-refractivity contribution in [2.45, 2.75) is 27.3 Å². The van der Waals surface area contributed by atoms with Gasteiger partial charge in [-0.15, -0.1) is 11.3 Å². The van der Waals surface area contributed by atoms with Crippen LogP contribution in [0.1, 0.15) is 26.3 Å².